The van der Waals surface area contributed by atoms with Crippen LogP contribution in [0.15, 0.2) is 59.7 Å². The molecule has 0 saturated carbocycles. The van der Waals surface area contributed by atoms with Crippen LogP contribution in [0.1, 0.15) is 12.5 Å². The highest BCUT2D eigenvalue weighted by molar-refractivity contribution is 6.00. The molecule has 0 atom stereocenters. The van der Waals surface area contributed by atoms with Crippen molar-refractivity contribution in [1.29, 1.82) is 0 Å². The molecule has 2 N–H and O–H groups in total. The molecule has 3 amide bonds. The van der Waals surface area contributed by atoms with Crippen LogP contribution in [0.4, 0.5) is 10.5 Å². The molecule has 26 heavy (non-hydrogen) atoms. The highest BCUT2D eigenvalue weighted by Crippen LogP contribution is 2.13. The molecule has 2 aromatic rings. The second-order valence-electron chi connectivity index (χ2n) is 5.73. The number of hydrazone groups is 1. The predicted octanol–water partition coefficient (Wildman–Crippen LogP) is 2.70. The van der Waals surface area contributed by atoms with Crippen LogP contribution >= 0.6 is 0 Å². The quantitative estimate of drug-likeness (QED) is 0.618. The van der Waals surface area contributed by atoms with Gasteiger partial charge in [-0.05, 0) is 48.9 Å². The first kappa shape index (κ1) is 19.0. The van der Waals surface area contributed by atoms with E-state index in [0.717, 1.165) is 5.56 Å². The normalized spacial score (nSPS) is 10.8. The van der Waals surface area contributed by atoms with Gasteiger partial charge in [-0.2, -0.15) is 5.10 Å². The molecular weight excluding hydrogens is 332 g/mol. The second kappa shape index (κ2) is 9.22. The zero-order valence-corrected chi connectivity index (χ0v) is 15.0. The number of rotatable bonds is 6. The third kappa shape index (κ3) is 5.94. The minimum atomic E-state index is -0.419. The number of para-hydroxylation sites is 1. The van der Waals surface area contributed by atoms with Crippen molar-refractivity contribution in [2.24, 2.45) is 5.10 Å². The van der Waals surface area contributed by atoms with Crippen molar-refractivity contribution >= 4 is 23.3 Å². The lowest BCUT2D eigenvalue weighted by Crippen LogP contribution is -2.27. The fourth-order valence-corrected chi connectivity index (χ4v) is 1.95. The number of hydrogen-bond donors (Lipinski definition) is 2. The number of anilines is 1. The lowest BCUT2D eigenvalue weighted by molar-refractivity contribution is -0.130. The van der Waals surface area contributed by atoms with E-state index in [2.05, 4.69) is 15.8 Å². The van der Waals surface area contributed by atoms with Crippen LogP contribution in [0.2, 0.25) is 0 Å². The van der Waals surface area contributed by atoms with Gasteiger partial charge in [0.25, 0.3) is 5.91 Å². The van der Waals surface area contributed by atoms with Crippen LogP contribution in [0.25, 0.3) is 0 Å². The Hall–Kier alpha value is -3.35. The minimum absolute atomic E-state index is 0.0133. The Kier molecular flexibility index (Phi) is 6.73. The van der Waals surface area contributed by atoms with Gasteiger partial charge in [0.05, 0.1) is 5.71 Å². The molecule has 0 aliphatic rings. The van der Waals surface area contributed by atoms with E-state index >= 15 is 0 Å². The van der Waals surface area contributed by atoms with Crippen LogP contribution in [0, 0.1) is 0 Å². The summed E-state index contributed by atoms with van der Waals surface area (Å²) in [5.41, 5.74) is 4.61. The predicted molar refractivity (Wildman–Crippen MR) is 101 cm³/mol. The van der Waals surface area contributed by atoms with Crippen molar-refractivity contribution in [3.05, 3.63) is 60.2 Å². The topological polar surface area (TPSA) is 83.0 Å². The molecular formula is C19H22N4O3. The summed E-state index contributed by atoms with van der Waals surface area (Å²) < 4.78 is 5.42. The maximum atomic E-state index is 11.8. The van der Waals surface area contributed by atoms with Gasteiger partial charge in [-0.25, -0.2) is 10.2 Å². The molecule has 0 unspecified atom stereocenters. The summed E-state index contributed by atoms with van der Waals surface area (Å²) >= 11 is 0. The second-order valence-corrected chi connectivity index (χ2v) is 5.73. The number of benzene rings is 2. The number of carbonyl (C=O) groups excluding carboxylic acids is 2. The van der Waals surface area contributed by atoms with Crippen molar-refractivity contribution < 1.29 is 14.3 Å². The van der Waals surface area contributed by atoms with Crippen LogP contribution in [0.5, 0.6) is 5.75 Å². The van der Waals surface area contributed by atoms with Gasteiger partial charge in [-0.3, -0.25) is 4.79 Å². The van der Waals surface area contributed by atoms with Crippen molar-refractivity contribution in [3.63, 3.8) is 0 Å². The number of carbonyl (C=O) groups is 2. The van der Waals surface area contributed by atoms with Crippen molar-refractivity contribution in [2.75, 3.05) is 26.0 Å². The van der Waals surface area contributed by atoms with Crippen LogP contribution in [-0.2, 0) is 4.79 Å². The first-order chi connectivity index (χ1) is 12.5. The molecule has 0 radical (unpaired) electrons. The molecule has 0 spiro atoms. The molecule has 0 heterocycles. The number of amides is 3. The van der Waals surface area contributed by atoms with Crippen molar-refractivity contribution in [3.8, 4) is 5.75 Å². The van der Waals surface area contributed by atoms with Gasteiger partial charge in [0.1, 0.15) is 5.75 Å². The molecule has 2 aromatic carbocycles. The summed E-state index contributed by atoms with van der Waals surface area (Å²) in [5, 5.41) is 6.75. The maximum Gasteiger partial charge on any atom is 0.339 e. The lowest BCUT2D eigenvalue weighted by Gasteiger charge is -2.11. The largest absolute Gasteiger partial charge is 0.484 e. The SMILES string of the molecule is C/C(=N/NC(=O)Nc1ccccc1)c1ccc(OCC(=O)N(C)C)cc1. The fraction of sp³-hybridized carbons (Fsp3) is 0.211. The Morgan fingerprint density at radius 3 is 2.31 bits per heavy atom. The number of urea groups is 1. The third-order valence-electron chi connectivity index (χ3n) is 3.49. The summed E-state index contributed by atoms with van der Waals surface area (Å²) in [7, 11) is 3.35. The average molecular weight is 354 g/mol. The highest BCUT2D eigenvalue weighted by atomic mass is 16.5. The molecule has 2 rings (SSSR count). The Morgan fingerprint density at radius 1 is 1.04 bits per heavy atom. The highest BCUT2D eigenvalue weighted by Gasteiger charge is 2.06. The molecule has 0 fully saturated rings. The van der Waals surface area contributed by atoms with E-state index in [4.69, 9.17) is 4.74 Å². The molecule has 0 saturated heterocycles. The Morgan fingerprint density at radius 2 is 1.69 bits per heavy atom. The molecule has 7 heteroatoms. The van der Waals surface area contributed by atoms with Gasteiger partial charge in [0.15, 0.2) is 6.61 Å². The van der Waals surface area contributed by atoms with Gasteiger partial charge >= 0.3 is 6.03 Å². The summed E-state index contributed by atoms with van der Waals surface area (Å²) in [6.45, 7) is 1.77. The van der Waals surface area contributed by atoms with Gasteiger partial charge < -0.3 is 15.0 Å². The van der Waals surface area contributed by atoms with E-state index in [-0.39, 0.29) is 12.5 Å². The Balaban J connectivity index is 1.88. The van der Waals surface area contributed by atoms with E-state index in [9.17, 15) is 9.59 Å². The zero-order chi connectivity index (χ0) is 18.9. The molecule has 136 valence electrons. The number of nitrogens with zero attached hydrogens (tertiary/aromatic N) is 2. The molecule has 0 bridgehead atoms. The standard InChI is InChI=1S/C19H22N4O3/c1-14(21-22-19(25)20-16-7-5-4-6-8-16)15-9-11-17(12-10-15)26-13-18(24)23(2)3/h4-12H,13H2,1-3H3,(H2,20,22,25)/b21-14-. The first-order valence-corrected chi connectivity index (χ1v) is 8.05. The number of hydrogen-bond acceptors (Lipinski definition) is 4. The maximum absolute atomic E-state index is 11.8. The van der Waals surface area contributed by atoms with E-state index in [1.807, 2.05) is 30.3 Å². The van der Waals surface area contributed by atoms with E-state index in [1.165, 1.54) is 4.90 Å². The van der Waals surface area contributed by atoms with Crippen LogP contribution in [-0.4, -0.2) is 43.3 Å². The van der Waals surface area contributed by atoms with Gasteiger partial charge in [0, 0.05) is 19.8 Å². The number of likely N-dealkylation sites (N-methyl/N-ethyl adjacent to an activating group) is 1. The summed E-state index contributed by atoms with van der Waals surface area (Å²) in [5.74, 6) is 0.479. The van der Waals surface area contributed by atoms with E-state index < -0.39 is 6.03 Å². The molecule has 0 aromatic heterocycles. The fourth-order valence-electron chi connectivity index (χ4n) is 1.95. The summed E-state index contributed by atoms with van der Waals surface area (Å²) in [6, 6.07) is 15.8. The van der Waals surface area contributed by atoms with Crippen LogP contribution in [0.3, 0.4) is 0 Å². The minimum Gasteiger partial charge on any atom is -0.484 e. The van der Waals surface area contributed by atoms with Gasteiger partial charge in [0.2, 0.25) is 0 Å². The monoisotopic (exact) mass is 354 g/mol. The Bertz CT molecular complexity index is 771. The molecule has 7 nitrogen and oxygen atoms in total. The van der Waals surface area contributed by atoms with Gasteiger partial charge in [-0.1, -0.05) is 18.2 Å². The first-order valence-electron chi connectivity index (χ1n) is 8.05. The van der Waals surface area contributed by atoms with Crippen molar-refractivity contribution in [1.82, 2.24) is 10.3 Å². The van der Waals surface area contributed by atoms with Crippen molar-refractivity contribution in [2.45, 2.75) is 6.92 Å². The average Bonchev–Trinajstić information content (AvgIpc) is 2.65. The number of nitrogens with one attached hydrogen (secondary N) is 2. The Labute approximate surface area is 152 Å². The zero-order valence-electron chi connectivity index (χ0n) is 15.0. The molecule has 0 aliphatic heterocycles. The van der Waals surface area contributed by atoms with E-state index in [1.54, 1.807) is 45.3 Å². The molecule has 0 aliphatic carbocycles. The lowest BCUT2D eigenvalue weighted by atomic mass is 10.1. The summed E-state index contributed by atoms with van der Waals surface area (Å²) in [6.07, 6.45) is 0. The smallest absolute Gasteiger partial charge is 0.339 e. The number of ether oxygens (including phenoxy) is 1. The van der Waals surface area contributed by atoms with Gasteiger partial charge in [-0.15, -0.1) is 0 Å². The summed E-state index contributed by atoms with van der Waals surface area (Å²) in [4.78, 5) is 24.8. The third-order valence-corrected chi connectivity index (χ3v) is 3.49. The van der Waals surface area contributed by atoms with Crippen LogP contribution < -0.4 is 15.5 Å². The van der Waals surface area contributed by atoms with E-state index in [0.29, 0.717) is 17.1 Å².